The minimum atomic E-state index is 0.583. The second kappa shape index (κ2) is 11.7. The van der Waals surface area contributed by atoms with Crippen LogP contribution < -0.4 is 4.90 Å². The number of rotatable bonds is 5. The molecule has 4 nitrogen and oxygen atoms in total. The first kappa shape index (κ1) is 29.5. The molecular formula is C49H30N2O2. The Labute approximate surface area is 304 Å². The summed E-state index contributed by atoms with van der Waals surface area (Å²) in [6.07, 6.45) is 0. The number of furan rings is 1. The Kier molecular flexibility index (Phi) is 6.52. The fourth-order valence-corrected chi connectivity index (χ4v) is 7.98. The zero-order chi connectivity index (χ0) is 34.9. The normalized spacial score (nSPS) is 11.8. The molecule has 0 radical (unpaired) electrons. The number of anilines is 3. The number of para-hydroxylation sites is 2. The molecule has 248 valence electrons. The van der Waals surface area contributed by atoms with E-state index < -0.39 is 0 Å². The van der Waals surface area contributed by atoms with Crippen LogP contribution in [0, 0.1) is 0 Å². The number of nitrogens with zero attached hydrogens (tertiary/aromatic N) is 2. The third-order valence-electron chi connectivity index (χ3n) is 10.5. The van der Waals surface area contributed by atoms with Gasteiger partial charge in [-0.25, -0.2) is 4.98 Å². The highest BCUT2D eigenvalue weighted by Crippen LogP contribution is 2.43. The highest BCUT2D eigenvalue weighted by atomic mass is 16.3. The largest absolute Gasteiger partial charge is 0.456 e. The van der Waals surface area contributed by atoms with E-state index in [1.54, 1.807) is 0 Å². The van der Waals surface area contributed by atoms with Crippen molar-refractivity contribution in [3.05, 3.63) is 182 Å². The molecule has 0 spiro atoms. The second-order valence-corrected chi connectivity index (χ2v) is 13.6. The van der Waals surface area contributed by atoms with Crippen molar-refractivity contribution >= 4 is 82.4 Å². The number of hydrogen-bond donors (Lipinski definition) is 0. The van der Waals surface area contributed by atoms with Crippen molar-refractivity contribution < 1.29 is 8.83 Å². The molecule has 4 heteroatoms. The summed E-state index contributed by atoms with van der Waals surface area (Å²) < 4.78 is 12.8. The summed E-state index contributed by atoms with van der Waals surface area (Å²) in [6, 6.07) is 64.1. The first-order valence-corrected chi connectivity index (χ1v) is 17.9. The summed E-state index contributed by atoms with van der Waals surface area (Å²) in [5, 5.41) is 9.46. The molecular weight excluding hydrogens is 649 g/mol. The van der Waals surface area contributed by atoms with Gasteiger partial charge in [-0.2, -0.15) is 0 Å². The van der Waals surface area contributed by atoms with Crippen molar-refractivity contribution in [1.29, 1.82) is 0 Å². The van der Waals surface area contributed by atoms with Gasteiger partial charge in [0.15, 0.2) is 5.58 Å². The van der Waals surface area contributed by atoms with E-state index in [4.69, 9.17) is 13.8 Å². The number of hydrogen-bond acceptors (Lipinski definition) is 4. The summed E-state index contributed by atoms with van der Waals surface area (Å²) in [6.45, 7) is 0. The smallest absolute Gasteiger partial charge is 0.228 e. The molecule has 0 fully saturated rings. The Bertz CT molecular complexity index is 3160. The average Bonchev–Trinajstić information content (AvgIpc) is 3.83. The zero-order valence-electron chi connectivity index (χ0n) is 28.5. The maximum Gasteiger partial charge on any atom is 0.228 e. The maximum absolute atomic E-state index is 6.60. The molecule has 11 rings (SSSR count). The Hall–Kier alpha value is -7.17. The van der Waals surface area contributed by atoms with E-state index in [9.17, 15) is 0 Å². The Morgan fingerprint density at radius 3 is 1.92 bits per heavy atom. The maximum atomic E-state index is 6.60. The van der Waals surface area contributed by atoms with E-state index >= 15 is 0 Å². The van der Waals surface area contributed by atoms with Crippen LogP contribution in [0.15, 0.2) is 191 Å². The number of fused-ring (bicyclic) bond motifs is 9. The van der Waals surface area contributed by atoms with Crippen molar-refractivity contribution in [2.24, 2.45) is 0 Å². The molecule has 0 unspecified atom stereocenters. The lowest BCUT2D eigenvalue weighted by Crippen LogP contribution is -2.10. The van der Waals surface area contributed by atoms with Crippen LogP contribution in [0.2, 0.25) is 0 Å². The third kappa shape index (κ3) is 4.80. The van der Waals surface area contributed by atoms with Crippen LogP contribution in [0.4, 0.5) is 17.1 Å². The van der Waals surface area contributed by atoms with Gasteiger partial charge in [-0.3, -0.25) is 0 Å². The number of oxazole rings is 1. The van der Waals surface area contributed by atoms with Crippen molar-refractivity contribution in [3.63, 3.8) is 0 Å². The van der Waals surface area contributed by atoms with Gasteiger partial charge in [0.05, 0.1) is 0 Å². The van der Waals surface area contributed by atoms with E-state index in [0.717, 1.165) is 61.2 Å². The van der Waals surface area contributed by atoms with Crippen LogP contribution in [0.5, 0.6) is 0 Å². The lowest BCUT2D eigenvalue weighted by atomic mass is 9.96. The standard InChI is InChI=1S/C49H30N2O2/c1-2-10-31(11-3-1)33-13-8-14-35(28-33)51(36-22-26-39-34(29-36)21-25-40-38-15-5-4-12-32(38)20-24-41(39)40)37-23-27-42-47(30-37)52-46-19-9-16-43(48(42)46)49-50-44-17-6-7-18-45(44)53-49/h1-30H. The molecule has 0 aliphatic rings. The van der Waals surface area contributed by atoms with Gasteiger partial charge >= 0.3 is 0 Å². The monoisotopic (exact) mass is 678 g/mol. The van der Waals surface area contributed by atoms with Crippen molar-refractivity contribution in [3.8, 4) is 22.6 Å². The first-order valence-electron chi connectivity index (χ1n) is 17.9. The molecule has 11 aromatic rings. The molecule has 0 saturated carbocycles. The number of aromatic nitrogens is 1. The van der Waals surface area contributed by atoms with Gasteiger partial charge in [0.2, 0.25) is 5.89 Å². The minimum absolute atomic E-state index is 0.583. The fraction of sp³-hybridized carbons (Fsp3) is 0. The predicted octanol–water partition coefficient (Wildman–Crippen LogP) is 14.0. The molecule has 0 bridgehead atoms. The van der Waals surface area contributed by atoms with Crippen LogP contribution in [0.25, 0.3) is 87.9 Å². The summed E-state index contributed by atoms with van der Waals surface area (Å²) in [4.78, 5) is 7.14. The topological polar surface area (TPSA) is 42.4 Å². The highest BCUT2D eigenvalue weighted by Gasteiger charge is 2.20. The van der Waals surface area contributed by atoms with E-state index in [1.807, 2.05) is 36.4 Å². The van der Waals surface area contributed by atoms with Gasteiger partial charge in [0.25, 0.3) is 0 Å². The first-order chi connectivity index (χ1) is 26.2. The van der Waals surface area contributed by atoms with Gasteiger partial charge in [-0.15, -0.1) is 0 Å². The molecule has 0 N–H and O–H groups in total. The quantitative estimate of drug-likeness (QED) is 0.170. The molecule has 0 amide bonds. The van der Waals surface area contributed by atoms with Gasteiger partial charge in [-0.05, 0) is 104 Å². The van der Waals surface area contributed by atoms with Crippen LogP contribution >= 0.6 is 0 Å². The van der Waals surface area contributed by atoms with Gasteiger partial charge < -0.3 is 13.7 Å². The zero-order valence-corrected chi connectivity index (χ0v) is 28.5. The molecule has 0 saturated heterocycles. The lowest BCUT2D eigenvalue weighted by molar-refractivity contribution is 0.620. The van der Waals surface area contributed by atoms with Gasteiger partial charge in [0.1, 0.15) is 16.7 Å². The van der Waals surface area contributed by atoms with Crippen LogP contribution in [0.3, 0.4) is 0 Å². The third-order valence-corrected chi connectivity index (χ3v) is 10.5. The predicted molar refractivity (Wildman–Crippen MR) is 219 cm³/mol. The Morgan fingerprint density at radius 1 is 0.377 bits per heavy atom. The van der Waals surface area contributed by atoms with Gasteiger partial charge in [0, 0.05) is 39.5 Å². The molecule has 0 aliphatic heterocycles. The summed E-state index contributed by atoms with van der Waals surface area (Å²) in [5.41, 5.74) is 9.53. The molecule has 0 atom stereocenters. The van der Waals surface area contributed by atoms with E-state index in [0.29, 0.717) is 5.89 Å². The second-order valence-electron chi connectivity index (χ2n) is 13.6. The van der Waals surface area contributed by atoms with E-state index in [-0.39, 0.29) is 0 Å². The van der Waals surface area contributed by atoms with Crippen LogP contribution in [-0.4, -0.2) is 4.98 Å². The molecule has 2 aromatic heterocycles. The average molecular weight is 679 g/mol. The lowest BCUT2D eigenvalue weighted by Gasteiger charge is -2.26. The molecule has 9 aromatic carbocycles. The van der Waals surface area contributed by atoms with Crippen molar-refractivity contribution in [1.82, 2.24) is 4.98 Å². The van der Waals surface area contributed by atoms with Crippen molar-refractivity contribution in [2.45, 2.75) is 0 Å². The van der Waals surface area contributed by atoms with Gasteiger partial charge in [-0.1, -0.05) is 115 Å². The highest BCUT2D eigenvalue weighted by molar-refractivity contribution is 6.18. The summed E-state index contributed by atoms with van der Waals surface area (Å²) in [7, 11) is 0. The Balaban J connectivity index is 1.10. The summed E-state index contributed by atoms with van der Waals surface area (Å²) >= 11 is 0. The minimum Gasteiger partial charge on any atom is -0.456 e. The molecule has 0 aliphatic carbocycles. The number of benzene rings is 9. The van der Waals surface area contributed by atoms with Crippen LogP contribution in [0.1, 0.15) is 0 Å². The molecule has 2 heterocycles. The summed E-state index contributed by atoms with van der Waals surface area (Å²) in [5.74, 6) is 0.583. The van der Waals surface area contributed by atoms with E-state index in [1.165, 1.54) is 37.9 Å². The SMILES string of the molecule is c1ccc(-c2cccc(N(c3ccc4c(ccc5c6ccccc6ccc45)c3)c3ccc4c(c3)oc3cccc(-c5nc6ccccc6o5)c34)c2)cc1. The van der Waals surface area contributed by atoms with Crippen LogP contribution in [-0.2, 0) is 0 Å². The Morgan fingerprint density at radius 2 is 1.04 bits per heavy atom. The van der Waals surface area contributed by atoms with Crippen molar-refractivity contribution in [2.75, 3.05) is 4.90 Å². The fourth-order valence-electron chi connectivity index (χ4n) is 7.98. The van der Waals surface area contributed by atoms with E-state index in [2.05, 4.69) is 150 Å². The molecule has 53 heavy (non-hydrogen) atoms.